The van der Waals surface area contributed by atoms with Crippen molar-refractivity contribution in [1.82, 2.24) is 10.5 Å². The molecular weight excluding hydrogens is 248 g/mol. The molecule has 106 valence electrons. The highest BCUT2D eigenvalue weighted by atomic mass is 16.6. The summed E-state index contributed by atoms with van der Waals surface area (Å²) in [6.45, 7) is 5.56. The topological polar surface area (TPSA) is 84.3 Å². The van der Waals surface area contributed by atoms with Gasteiger partial charge in [0.15, 0.2) is 0 Å². The van der Waals surface area contributed by atoms with Crippen molar-refractivity contribution >= 4 is 5.97 Å². The van der Waals surface area contributed by atoms with Crippen molar-refractivity contribution in [2.24, 2.45) is 0 Å². The number of hydrogen-bond donors (Lipinski definition) is 2. The molecule has 1 aromatic heterocycles. The Morgan fingerprint density at radius 1 is 1.53 bits per heavy atom. The molecular formula is C13H20N2O4. The number of rotatable bonds is 3. The molecule has 6 nitrogen and oxygen atoms in total. The maximum Gasteiger partial charge on any atom is 0.320 e. The van der Waals surface area contributed by atoms with Gasteiger partial charge in [-0.05, 0) is 33.6 Å². The third-order valence-corrected chi connectivity index (χ3v) is 2.97. The molecule has 1 heterocycles. The number of H-pyrrole nitrogens is 1. The first kappa shape index (κ1) is 13.9. The van der Waals surface area contributed by atoms with E-state index in [1.165, 1.54) is 0 Å². The largest absolute Gasteiger partial charge is 0.459 e. The molecule has 0 radical (unpaired) electrons. The average Bonchev–Trinajstić information content (AvgIpc) is 2.67. The van der Waals surface area contributed by atoms with Crippen LogP contribution in [0.2, 0.25) is 0 Å². The number of fused-ring (bicyclic) bond motifs is 1. The van der Waals surface area contributed by atoms with E-state index in [4.69, 9.17) is 9.26 Å². The van der Waals surface area contributed by atoms with E-state index in [2.05, 4.69) is 10.5 Å². The van der Waals surface area contributed by atoms with Gasteiger partial charge in [-0.2, -0.15) is 5.16 Å². The first-order valence-electron chi connectivity index (χ1n) is 6.52. The summed E-state index contributed by atoms with van der Waals surface area (Å²) < 4.78 is 10.3. The summed E-state index contributed by atoms with van der Waals surface area (Å²) >= 11 is 0. The number of aromatic nitrogens is 1. The number of esters is 1. The minimum absolute atomic E-state index is 0.0893. The maximum absolute atomic E-state index is 11.6. The Labute approximate surface area is 111 Å². The quantitative estimate of drug-likeness (QED) is 0.807. The molecule has 0 unspecified atom stereocenters. The maximum atomic E-state index is 11.6. The fourth-order valence-corrected chi connectivity index (χ4v) is 2.28. The molecule has 0 aromatic carbocycles. The number of ether oxygens (including phenoxy) is 1. The first-order chi connectivity index (χ1) is 8.87. The van der Waals surface area contributed by atoms with Crippen LogP contribution in [0.15, 0.2) is 9.32 Å². The van der Waals surface area contributed by atoms with Gasteiger partial charge in [0.25, 0.3) is 5.56 Å². The Morgan fingerprint density at radius 3 is 2.95 bits per heavy atom. The van der Waals surface area contributed by atoms with Gasteiger partial charge in [0.2, 0.25) is 0 Å². The molecule has 19 heavy (non-hydrogen) atoms. The minimum Gasteiger partial charge on any atom is -0.459 e. The van der Waals surface area contributed by atoms with E-state index in [9.17, 15) is 9.59 Å². The van der Waals surface area contributed by atoms with Crippen LogP contribution >= 0.6 is 0 Å². The summed E-state index contributed by atoms with van der Waals surface area (Å²) in [6.07, 6.45) is 2.51. The van der Waals surface area contributed by atoms with E-state index >= 15 is 0 Å². The smallest absolute Gasteiger partial charge is 0.320 e. The minimum atomic E-state index is -0.496. The standard InChI is InChI=1S/C13H20N2O4/c1-13(2,3)18-10(16)7-14-8-5-4-6-9-11(8)12(17)15-19-9/h8,14H,4-7H2,1-3H3,(H,15,17)/t8-/m1/s1. The van der Waals surface area contributed by atoms with Crippen LogP contribution in [0.25, 0.3) is 0 Å². The van der Waals surface area contributed by atoms with Crippen LogP contribution in [-0.4, -0.2) is 23.3 Å². The van der Waals surface area contributed by atoms with E-state index in [1.807, 2.05) is 20.8 Å². The van der Waals surface area contributed by atoms with E-state index in [0.717, 1.165) is 19.3 Å². The lowest BCUT2D eigenvalue weighted by molar-refractivity contribution is -0.153. The van der Waals surface area contributed by atoms with Crippen molar-refractivity contribution < 1.29 is 14.1 Å². The Balaban J connectivity index is 1.96. The summed E-state index contributed by atoms with van der Waals surface area (Å²) in [7, 11) is 0. The molecule has 2 N–H and O–H groups in total. The summed E-state index contributed by atoms with van der Waals surface area (Å²) in [6, 6.07) is -0.140. The molecule has 0 saturated heterocycles. The number of nitrogens with one attached hydrogen (secondary N) is 2. The molecule has 0 amide bonds. The van der Waals surface area contributed by atoms with Gasteiger partial charge in [0.1, 0.15) is 11.4 Å². The number of aryl methyl sites for hydroxylation is 1. The molecule has 0 spiro atoms. The summed E-state index contributed by atoms with van der Waals surface area (Å²) in [4.78, 5) is 23.3. The van der Waals surface area contributed by atoms with Crippen molar-refractivity contribution in [3.63, 3.8) is 0 Å². The zero-order chi connectivity index (χ0) is 14.0. The summed E-state index contributed by atoms with van der Waals surface area (Å²) in [5, 5.41) is 5.42. The van der Waals surface area contributed by atoms with Crippen LogP contribution in [0.5, 0.6) is 0 Å². The second-order valence-corrected chi connectivity index (χ2v) is 5.78. The van der Waals surface area contributed by atoms with Crippen LogP contribution in [-0.2, 0) is 16.0 Å². The fraction of sp³-hybridized carbons (Fsp3) is 0.692. The third-order valence-electron chi connectivity index (χ3n) is 2.97. The van der Waals surface area contributed by atoms with Gasteiger partial charge in [0.05, 0.1) is 12.1 Å². The lowest BCUT2D eigenvalue weighted by Crippen LogP contribution is -2.35. The van der Waals surface area contributed by atoms with E-state index in [-0.39, 0.29) is 24.1 Å². The first-order valence-corrected chi connectivity index (χ1v) is 6.52. The molecule has 1 atom stereocenters. The average molecular weight is 268 g/mol. The zero-order valence-electron chi connectivity index (χ0n) is 11.5. The molecule has 1 aromatic rings. The number of hydrogen-bond acceptors (Lipinski definition) is 5. The third kappa shape index (κ3) is 3.47. The number of carbonyl (C=O) groups is 1. The predicted molar refractivity (Wildman–Crippen MR) is 68.9 cm³/mol. The fourth-order valence-electron chi connectivity index (χ4n) is 2.28. The molecule has 0 bridgehead atoms. The van der Waals surface area contributed by atoms with Crippen LogP contribution in [0.4, 0.5) is 0 Å². The summed E-state index contributed by atoms with van der Waals surface area (Å²) in [5.74, 6) is 0.373. The van der Waals surface area contributed by atoms with Crippen LogP contribution in [0, 0.1) is 0 Å². The monoisotopic (exact) mass is 268 g/mol. The van der Waals surface area contributed by atoms with Crippen molar-refractivity contribution in [3.05, 3.63) is 21.7 Å². The molecule has 0 saturated carbocycles. The van der Waals surface area contributed by atoms with E-state index in [1.54, 1.807) is 0 Å². The molecule has 1 aliphatic rings. The van der Waals surface area contributed by atoms with Crippen LogP contribution < -0.4 is 10.9 Å². The van der Waals surface area contributed by atoms with Gasteiger partial charge < -0.3 is 9.26 Å². The second kappa shape index (κ2) is 5.21. The van der Waals surface area contributed by atoms with E-state index in [0.29, 0.717) is 11.3 Å². The van der Waals surface area contributed by atoms with Gasteiger partial charge in [-0.25, -0.2) is 0 Å². The highest BCUT2D eigenvalue weighted by Gasteiger charge is 2.27. The van der Waals surface area contributed by atoms with E-state index < -0.39 is 5.60 Å². The lowest BCUT2D eigenvalue weighted by Gasteiger charge is -2.23. The van der Waals surface area contributed by atoms with Crippen molar-refractivity contribution in [1.29, 1.82) is 0 Å². The normalized spacial score (nSPS) is 19.0. The van der Waals surface area contributed by atoms with Crippen LogP contribution in [0.1, 0.15) is 51.0 Å². The van der Waals surface area contributed by atoms with Gasteiger partial charge in [0, 0.05) is 12.5 Å². The van der Waals surface area contributed by atoms with Gasteiger partial charge >= 0.3 is 5.97 Å². The van der Waals surface area contributed by atoms with Crippen molar-refractivity contribution in [2.45, 2.75) is 51.7 Å². The Bertz CT molecular complexity index is 509. The molecule has 0 fully saturated rings. The van der Waals surface area contributed by atoms with Crippen LogP contribution in [0.3, 0.4) is 0 Å². The SMILES string of the molecule is CC(C)(C)OC(=O)CN[C@@H]1CCCc2o[nH]c(=O)c21. The molecule has 2 rings (SSSR count). The molecule has 1 aliphatic carbocycles. The van der Waals surface area contributed by atoms with Gasteiger partial charge in [-0.1, -0.05) is 0 Å². The molecule has 0 aliphatic heterocycles. The lowest BCUT2D eigenvalue weighted by atomic mass is 9.93. The van der Waals surface area contributed by atoms with Gasteiger partial charge in [-0.3, -0.25) is 14.9 Å². The molecule has 6 heteroatoms. The number of aromatic amines is 1. The highest BCUT2D eigenvalue weighted by Crippen LogP contribution is 2.26. The van der Waals surface area contributed by atoms with Crippen molar-refractivity contribution in [2.75, 3.05) is 6.54 Å². The second-order valence-electron chi connectivity index (χ2n) is 5.78. The Kier molecular flexibility index (Phi) is 3.80. The number of carbonyl (C=O) groups excluding carboxylic acids is 1. The Hall–Kier alpha value is -1.56. The highest BCUT2D eigenvalue weighted by molar-refractivity contribution is 5.72. The Morgan fingerprint density at radius 2 is 2.26 bits per heavy atom. The van der Waals surface area contributed by atoms with Gasteiger partial charge in [-0.15, -0.1) is 0 Å². The zero-order valence-corrected chi connectivity index (χ0v) is 11.5. The summed E-state index contributed by atoms with van der Waals surface area (Å²) in [5.41, 5.74) is -0.0879. The van der Waals surface area contributed by atoms with Crippen molar-refractivity contribution in [3.8, 4) is 0 Å². The predicted octanol–water partition coefficient (Wildman–Crippen LogP) is 1.28.